The molecule has 0 bridgehead atoms. The molecule has 1 fully saturated rings. The molecule has 0 unspecified atom stereocenters. The number of anilines is 1. The molecule has 0 saturated heterocycles. The summed E-state index contributed by atoms with van der Waals surface area (Å²) in [5.41, 5.74) is 8.54. The Kier molecular flexibility index (Phi) is 3.03. The van der Waals surface area contributed by atoms with Gasteiger partial charge in [-0.2, -0.15) is 5.26 Å². The summed E-state index contributed by atoms with van der Waals surface area (Å²) in [5.74, 6) is 0.668. The van der Waals surface area contributed by atoms with Crippen LogP contribution in [0.2, 0.25) is 0 Å². The van der Waals surface area contributed by atoms with Crippen molar-refractivity contribution in [2.75, 3.05) is 11.9 Å². The van der Waals surface area contributed by atoms with E-state index in [0.29, 0.717) is 17.9 Å². The second-order valence-electron chi connectivity index (χ2n) is 4.99. The summed E-state index contributed by atoms with van der Waals surface area (Å²) in [7, 11) is 0. The molecule has 1 saturated carbocycles. The molecule has 3 N–H and O–H groups in total. The van der Waals surface area contributed by atoms with Gasteiger partial charge in [-0.3, -0.25) is 0 Å². The minimum absolute atomic E-state index is 0.105. The lowest BCUT2D eigenvalue weighted by Crippen LogP contribution is -2.52. The number of hydrogen-bond acceptors (Lipinski definition) is 4. The van der Waals surface area contributed by atoms with Crippen molar-refractivity contribution in [2.45, 2.75) is 38.6 Å². The van der Waals surface area contributed by atoms with Crippen LogP contribution in [-0.4, -0.2) is 17.1 Å². The average Bonchev–Trinajstić information content (AvgIpc) is 2.23. The number of nitrogens with one attached hydrogen (secondary N) is 1. The van der Waals surface area contributed by atoms with Gasteiger partial charge >= 0.3 is 0 Å². The third kappa shape index (κ3) is 2.40. The summed E-state index contributed by atoms with van der Waals surface area (Å²) in [4.78, 5) is 4.38. The van der Waals surface area contributed by atoms with Crippen LogP contribution in [0.15, 0.2) is 6.07 Å². The van der Waals surface area contributed by atoms with E-state index in [9.17, 15) is 0 Å². The van der Waals surface area contributed by atoms with E-state index in [2.05, 4.69) is 16.4 Å². The lowest BCUT2D eigenvalue weighted by Gasteiger charge is -2.38. The zero-order valence-corrected chi connectivity index (χ0v) is 10.4. The molecule has 4 heteroatoms. The number of aromatic nitrogens is 1. The Balaban J connectivity index is 2.17. The Morgan fingerprint density at radius 2 is 2.24 bits per heavy atom. The number of aryl methyl sites for hydroxylation is 2. The molecule has 1 heterocycles. The molecule has 1 aliphatic rings. The van der Waals surface area contributed by atoms with E-state index < -0.39 is 0 Å². The van der Waals surface area contributed by atoms with Gasteiger partial charge in [0.2, 0.25) is 0 Å². The van der Waals surface area contributed by atoms with Crippen molar-refractivity contribution < 1.29 is 0 Å². The topological polar surface area (TPSA) is 74.7 Å². The molecule has 90 valence electrons. The molecule has 0 aromatic carbocycles. The predicted octanol–water partition coefficient (Wildman–Crippen LogP) is 1.86. The molecule has 4 nitrogen and oxygen atoms in total. The number of rotatable bonds is 3. The normalized spacial score (nSPS) is 17.1. The highest BCUT2D eigenvalue weighted by atomic mass is 15.0. The van der Waals surface area contributed by atoms with E-state index in [-0.39, 0.29) is 5.54 Å². The maximum absolute atomic E-state index is 9.13. The van der Waals surface area contributed by atoms with Crippen LogP contribution in [0, 0.1) is 25.2 Å². The fourth-order valence-corrected chi connectivity index (χ4v) is 2.17. The first-order valence-corrected chi connectivity index (χ1v) is 5.95. The Morgan fingerprint density at radius 3 is 2.76 bits per heavy atom. The smallest absolute Gasteiger partial charge is 0.144 e. The summed E-state index contributed by atoms with van der Waals surface area (Å²) in [6, 6.07) is 4.12. The predicted molar refractivity (Wildman–Crippen MR) is 67.7 cm³/mol. The van der Waals surface area contributed by atoms with Crippen LogP contribution in [0.1, 0.15) is 36.1 Å². The zero-order valence-electron chi connectivity index (χ0n) is 10.4. The van der Waals surface area contributed by atoms with Crippen LogP contribution in [0.4, 0.5) is 5.82 Å². The average molecular weight is 230 g/mol. The molecule has 1 aliphatic carbocycles. The molecule has 17 heavy (non-hydrogen) atoms. The quantitative estimate of drug-likeness (QED) is 0.831. The van der Waals surface area contributed by atoms with E-state index in [1.54, 1.807) is 0 Å². The minimum atomic E-state index is -0.105. The highest BCUT2D eigenvalue weighted by Gasteiger charge is 2.32. The number of nitrogens with zero attached hydrogens (tertiary/aromatic N) is 2. The molecule has 2 rings (SSSR count). The van der Waals surface area contributed by atoms with Crippen molar-refractivity contribution in [3.63, 3.8) is 0 Å². The maximum Gasteiger partial charge on any atom is 0.144 e. The van der Waals surface area contributed by atoms with Crippen molar-refractivity contribution in [3.05, 3.63) is 22.9 Å². The second kappa shape index (κ2) is 4.34. The third-order valence-electron chi connectivity index (χ3n) is 3.41. The number of hydrogen-bond donors (Lipinski definition) is 2. The van der Waals surface area contributed by atoms with E-state index in [0.717, 1.165) is 24.1 Å². The van der Waals surface area contributed by atoms with Crippen LogP contribution >= 0.6 is 0 Å². The summed E-state index contributed by atoms with van der Waals surface area (Å²) >= 11 is 0. The molecule has 0 aliphatic heterocycles. The molecule has 0 radical (unpaired) electrons. The van der Waals surface area contributed by atoms with Gasteiger partial charge in [-0.05, 0) is 44.7 Å². The third-order valence-corrected chi connectivity index (χ3v) is 3.41. The SMILES string of the molecule is Cc1cc(C)c(C#N)c(NCC2(N)CCC2)n1. The Morgan fingerprint density at radius 1 is 1.53 bits per heavy atom. The molecule has 0 atom stereocenters. The lowest BCUT2D eigenvalue weighted by atomic mass is 9.78. The summed E-state index contributed by atoms with van der Waals surface area (Å²) < 4.78 is 0. The first-order valence-electron chi connectivity index (χ1n) is 5.95. The van der Waals surface area contributed by atoms with Crippen LogP contribution in [-0.2, 0) is 0 Å². The van der Waals surface area contributed by atoms with E-state index in [4.69, 9.17) is 11.0 Å². The number of nitriles is 1. The summed E-state index contributed by atoms with van der Waals surface area (Å²) in [5, 5.41) is 12.4. The fourth-order valence-electron chi connectivity index (χ4n) is 2.17. The van der Waals surface area contributed by atoms with Gasteiger partial charge in [-0.25, -0.2) is 4.98 Å². The highest BCUT2D eigenvalue weighted by Crippen LogP contribution is 2.29. The van der Waals surface area contributed by atoms with Crippen molar-refractivity contribution in [2.24, 2.45) is 5.73 Å². The van der Waals surface area contributed by atoms with Gasteiger partial charge < -0.3 is 11.1 Å². The number of nitrogens with two attached hydrogens (primary N) is 1. The molecular weight excluding hydrogens is 212 g/mol. The first kappa shape index (κ1) is 11.9. The van der Waals surface area contributed by atoms with Gasteiger partial charge in [-0.15, -0.1) is 0 Å². The van der Waals surface area contributed by atoms with Gasteiger partial charge in [0, 0.05) is 17.8 Å². The van der Waals surface area contributed by atoms with Crippen LogP contribution < -0.4 is 11.1 Å². The Labute approximate surface area is 102 Å². The Hall–Kier alpha value is -1.60. The van der Waals surface area contributed by atoms with Gasteiger partial charge in [0.1, 0.15) is 11.9 Å². The van der Waals surface area contributed by atoms with E-state index in [1.807, 2.05) is 19.9 Å². The summed E-state index contributed by atoms with van der Waals surface area (Å²) in [6.07, 6.45) is 3.29. The van der Waals surface area contributed by atoms with Gasteiger partial charge in [-0.1, -0.05) is 0 Å². The van der Waals surface area contributed by atoms with Crippen LogP contribution in [0.5, 0.6) is 0 Å². The van der Waals surface area contributed by atoms with Crippen molar-refractivity contribution in [3.8, 4) is 6.07 Å². The van der Waals surface area contributed by atoms with Gasteiger partial charge in [0.25, 0.3) is 0 Å². The number of pyridine rings is 1. The second-order valence-corrected chi connectivity index (χ2v) is 4.99. The van der Waals surface area contributed by atoms with Crippen LogP contribution in [0.3, 0.4) is 0 Å². The van der Waals surface area contributed by atoms with Crippen LogP contribution in [0.25, 0.3) is 0 Å². The standard InChI is InChI=1S/C13H18N4/c1-9-6-10(2)17-12(11(9)7-14)16-8-13(15)4-3-5-13/h6H,3-5,8,15H2,1-2H3,(H,16,17). The fraction of sp³-hybridized carbons (Fsp3) is 0.538. The zero-order chi connectivity index (χ0) is 12.5. The minimum Gasteiger partial charge on any atom is -0.367 e. The summed E-state index contributed by atoms with van der Waals surface area (Å²) in [6.45, 7) is 4.55. The Bertz CT molecular complexity index is 469. The molecular formula is C13H18N4. The van der Waals surface area contributed by atoms with Crippen molar-refractivity contribution >= 4 is 5.82 Å². The van der Waals surface area contributed by atoms with Crippen molar-refractivity contribution in [1.29, 1.82) is 5.26 Å². The lowest BCUT2D eigenvalue weighted by molar-refractivity contribution is 0.265. The monoisotopic (exact) mass is 230 g/mol. The first-order chi connectivity index (χ1) is 8.04. The van der Waals surface area contributed by atoms with E-state index >= 15 is 0 Å². The van der Waals surface area contributed by atoms with Gasteiger partial charge in [0.15, 0.2) is 0 Å². The molecule has 1 aromatic rings. The molecule has 1 aromatic heterocycles. The highest BCUT2D eigenvalue weighted by molar-refractivity contribution is 5.56. The molecule has 0 amide bonds. The van der Waals surface area contributed by atoms with Crippen molar-refractivity contribution in [1.82, 2.24) is 4.98 Å². The molecule has 0 spiro atoms. The van der Waals surface area contributed by atoms with E-state index in [1.165, 1.54) is 6.42 Å². The maximum atomic E-state index is 9.13. The largest absolute Gasteiger partial charge is 0.367 e. The van der Waals surface area contributed by atoms with Gasteiger partial charge in [0.05, 0.1) is 5.56 Å².